The lowest BCUT2D eigenvalue weighted by atomic mass is 10.1. The molecule has 1 saturated carbocycles. The summed E-state index contributed by atoms with van der Waals surface area (Å²) >= 11 is 0. The molecule has 120 valence electrons. The molecule has 2 aliphatic rings. The van der Waals surface area contributed by atoms with E-state index in [-0.39, 0.29) is 11.8 Å². The molecule has 0 spiro atoms. The molecule has 2 rings (SSSR count). The molecular formula is C16H29N3O2. The van der Waals surface area contributed by atoms with Crippen LogP contribution in [0.1, 0.15) is 51.9 Å². The lowest BCUT2D eigenvalue weighted by Crippen LogP contribution is -2.50. The van der Waals surface area contributed by atoms with Gasteiger partial charge in [-0.1, -0.05) is 25.7 Å². The Morgan fingerprint density at radius 1 is 0.952 bits per heavy atom. The third kappa shape index (κ3) is 5.30. The van der Waals surface area contributed by atoms with E-state index in [0.29, 0.717) is 38.6 Å². The minimum atomic E-state index is 0.108. The van der Waals surface area contributed by atoms with Gasteiger partial charge in [0.05, 0.1) is 0 Å². The zero-order valence-electron chi connectivity index (χ0n) is 13.3. The molecule has 0 bridgehead atoms. The van der Waals surface area contributed by atoms with E-state index in [1.54, 1.807) is 6.92 Å². The van der Waals surface area contributed by atoms with Gasteiger partial charge in [-0.25, -0.2) is 0 Å². The van der Waals surface area contributed by atoms with Crippen molar-refractivity contribution in [1.29, 1.82) is 0 Å². The highest BCUT2D eigenvalue weighted by Gasteiger charge is 2.22. The first-order chi connectivity index (χ1) is 10.2. The predicted molar refractivity (Wildman–Crippen MR) is 82.9 cm³/mol. The van der Waals surface area contributed by atoms with Gasteiger partial charge in [0.1, 0.15) is 0 Å². The van der Waals surface area contributed by atoms with Crippen LogP contribution in [0, 0.1) is 0 Å². The molecule has 1 heterocycles. The van der Waals surface area contributed by atoms with Crippen LogP contribution in [0.5, 0.6) is 0 Å². The molecule has 1 aliphatic heterocycles. The number of piperazine rings is 1. The Labute approximate surface area is 128 Å². The van der Waals surface area contributed by atoms with Crippen LogP contribution < -0.4 is 5.32 Å². The molecule has 0 aromatic carbocycles. The Morgan fingerprint density at radius 3 is 2.10 bits per heavy atom. The van der Waals surface area contributed by atoms with E-state index in [0.717, 1.165) is 6.54 Å². The van der Waals surface area contributed by atoms with Crippen molar-refractivity contribution in [2.45, 2.75) is 57.9 Å². The van der Waals surface area contributed by atoms with E-state index in [1.165, 1.54) is 38.5 Å². The van der Waals surface area contributed by atoms with E-state index < -0.39 is 0 Å². The minimum absolute atomic E-state index is 0.108. The lowest BCUT2D eigenvalue weighted by molar-refractivity contribution is -0.138. The second kappa shape index (κ2) is 8.37. The molecule has 0 aromatic heterocycles. The zero-order chi connectivity index (χ0) is 15.1. The van der Waals surface area contributed by atoms with Crippen molar-refractivity contribution >= 4 is 11.8 Å². The molecule has 0 radical (unpaired) electrons. The average Bonchev–Trinajstić information content (AvgIpc) is 2.76. The van der Waals surface area contributed by atoms with Crippen LogP contribution in [-0.4, -0.2) is 60.4 Å². The highest BCUT2D eigenvalue weighted by Crippen LogP contribution is 2.17. The van der Waals surface area contributed by atoms with E-state index in [4.69, 9.17) is 0 Å². The van der Waals surface area contributed by atoms with Crippen LogP contribution in [-0.2, 0) is 9.59 Å². The van der Waals surface area contributed by atoms with Gasteiger partial charge in [0.25, 0.3) is 0 Å². The normalized spacial score (nSPS) is 21.2. The maximum absolute atomic E-state index is 12.2. The molecule has 0 unspecified atom stereocenters. The zero-order valence-corrected chi connectivity index (χ0v) is 13.3. The summed E-state index contributed by atoms with van der Waals surface area (Å²) in [5, 5.41) is 3.55. The fourth-order valence-corrected chi connectivity index (χ4v) is 3.30. The molecule has 2 fully saturated rings. The van der Waals surface area contributed by atoms with E-state index in [9.17, 15) is 9.59 Å². The number of rotatable bonds is 4. The fourth-order valence-electron chi connectivity index (χ4n) is 3.30. The quantitative estimate of drug-likeness (QED) is 0.797. The topological polar surface area (TPSA) is 52.7 Å². The standard InChI is InChI=1S/C16H29N3O2/c1-14(20)18-10-12-19(13-11-18)16(21)8-9-17-15-6-4-2-3-5-7-15/h15,17H,2-13H2,1H3. The Bertz CT molecular complexity index is 343. The second-order valence-corrected chi connectivity index (χ2v) is 6.28. The van der Waals surface area contributed by atoms with Gasteiger partial charge in [-0.2, -0.15) is 0 Å². The van der Waals surface area contributed by atoms with Crippen molar-refractivity contribution < 1.29 is 9.59 Å². The lowest BCUT2D eigenvalue weighted by Gasteiger charge is -2.34. The minimum Gasteiger partial charge on any atom is -0.339 e. The molecule has 21 heavy (non-hydrogen) atoms. The fraction of sp³-hybridized carbons (Fsp3) is 0.875. The molecule has 2 amide bonds. The first-order valence-corrected chi connectivity index (χ1v) is 8.43. The van der Waals surface area contributed by atoms with E-state index >= 15 is 0 Å². The highest BCUT2D eigenvalue weighted by molar-refractivity contribution is 5.77. The molecule has 5 nitrogen and oxygen atoms in total. The van der Waals surface area contributed by atoms with Crippen molar-refractivity contribution in [3.63, 3.8) is 0 Å². The van der Waals surface area contributed by atoms with Gasteiger partial charge in [-0.3, -0.25) is 9.59 Å². The van der Waals surface area contributed by atoms with Gasteiger partial charge < -0.3 is 15.1 Å². The van der Waals surface area contributed by atoms with Crippen LogP contribution in [0.2, 0.25) is 0 Å². The van der Waals surface area contributed by atoms with Crippen molar-refractivity contribution in [3.05, 3.63) is 0 Å². The van der Waals surface area contributed by atoms with Crippen molar-refractivity contribution in [2.24, 2.45) is 0 Å². The molecular weight excluding hydrogens is 266 g/mol. The number of hydrogen-bond donors (Lipinski definition) is 1. The molecule has 0 aromatic rings. The molecule has 0 atom stereocenters. The van der Waals surface area contributed by atoms with E-state index in [1.807, 2.05) is 9.80 Å². The number of nitrogens with one attached hydrogen (secondary N) is 1. The Morgan fingerprint density at radius 2 is 1.52 bits per heavy atom. The Balaban J connectivity index is 1.62. The van der Waals surface area contributed by atoms with Crippen LogP contribution >= 0.6 is 0 Å². The van der Waals surface area contributed by atoms with Crippen LogP contribution in [0.25, 0.3) is 0 Å². The van der Waals surface area contributed by atoms with Crippen LogP contribution in [0.3, 0.4) is 0 Å². The van der Waals surface area contributed by atoms with Crippen molar-refractivity contribution in [1.82, 2.24) is 15.1 Å². The smallest absolute Gasteiger partial charge is 0.223 e. The van der Waals surface area contributed by atoms with E-state index in [2.05, 4.69) is 5.32 Å². The average molecular weight is 295 g/mol. The number of carbonyl (C=O) groups excluding carboxylic acids is 2. The number of amides is 2. The summed E-state index contributed by atoms with van der Waals surface area (Å²) in [6.45, 7) is 5.10. The Kier molecular flexibility index (Phi) is 6.49. The summed E-state index contributed by atoms with van der Waals surface area (Å²) in [5.41, 5.74) is 0. The summed E-state index contributed by atoms with van der Waals surface area (Å²) in [6, 6.07) is 0.606. The van der Waals surface area contributed by atoms with Gasteiger partial charge >= 0.3 is 0 Å². The predicted octanol–water partition coefficient (Wildman–Crippen LogP) is 1.38. The van der Waals surface area contributed by atoms with Crippen molar-refractivity contribution in [3.8, 4) is 0 Å². The van der Waals surface area contributed by atoms with Gasteiger partial charge in [-0.15, -0.1) is 0 Å². The van der Waals surface area contributed by atoms with Gasteiger partial charge in [-0.05, 0) is 12.8 Å². The number of hydrogen-bond acceptors (Lipinski definition) is 3. The summed E-state index contributed by atoms with van der Waals surface area (Å²) in [7, 11) is 0. The summed E-state index contributed by atoms with van der Waals surface area (Å²) < 4.78 is 0. The first-order valence-electron chi connectivity index (χ1n) is 8.43. The monoisotopic (exact) mass is 295 g/mol. The Hall–Kier alpha value is -1.10. The third-order valence-electron chi connectivity index (χ3n) is 4.70. The SMILES string of the molecule is CC(=O)N1CCN(C(=O)CCNC2CCCCCC2)CC1. The maximum atomic E-state index is 12.2. The maximum Gasteiger partial charge on any atom is 0.223 e. The number of nitrogens with zero attached hydrogens (tertiary/aromatic N) is 2. The van der Waals surface area contributed by atoms with Gasteiger partial charge in [0.2, 0.25) is 11.8 Å². The third-order valence-corrected chi connectivity index (χ3v) is 4.70. The van der Waals surface area contributed by atoms with Crippen LogP contribution in [0.15, 0.2) is 0 Å². The molecule has 5 heteroatoms. The van der Waals surface area contributed by atoms with Gasteiger partial charge in [0.15, 0.2) is 0 Å². The molecule has 1 saturated heterocycles. The number of carbonyl (C=O) groups is 2. The summed E-state index contributed by atoms with van der Waals surface area (Å²) in [4.78, 5) is 27.1. The van der Waals surface area contributed by atoms with Crippen LogP contribution in [0.4, 0.5) is 0 Å². The summed E-state index contributed by atoms with van der Waals surface area (Å²) in [5.74, 6) is 0.330. The largest absolute Gasteiger partial charge is 0.339 e. The molecule has 1 N–H and O–H groups in total. The first kappa shape index (κ1) is 16.3. The molecule has 1 aliphatic carbocycles. The second-order valence-electron chi connectivity index (χ2n) is 6.28. The van der Waals surface area contributed by atoms with Crippen molar-refractivity contribution in [2.75, 3.05) is 32.7 Å². The summed E-state index contributed by atoms with van der Waals surface area (Å²) in [6.07, 6.45) is 8.44. The van der Waals surface area contributed by atoms with Gasteiger partial charge in [0, 0.05) is 52.1 Å². The highest BCUT2D eigenvalue weighted by atomic mass is 16.2.